The Kier molecular flexibility index (Phi) is 3.44. The van der Waals surface area contributed by atoms with Gasteiger partial charge in [0.25, 0.3) is 0 Å². The summed E-state index contributed by atoms with van der Waals surface area (Å²) in [7, 11) is 0. The van der Waals surface area contributed by atoms with E-state index in [2.05, 4.69) is 52.8 Å². The van der Waals surface area contributed by atoms with Gasteiger partial charge in [-0.15, -0.1) is 0 Å². The first-order valence-corrected chi connectivity index (χ1v) is 5.77. The summed E-state index contributed by atoms with van der Waals surface area (Å²) in [6.45, 7) is 11.1. The van der Waals surface area contributed by atoms with Gasteiger partial charge < -0.3 is 5.11 Å². The average molecular weight is 208 g/mol. The molecular weight excluding hydrogens is 184 g/mol. The van der Waals surface area contributed by atoms with Gasteiger partial charge in [-0.2, -0.15) is 0 Å². The van der Waals surface area contributed by atoms with Crippen molar-refractivity contribution in [3.63, 3.8) is 0 Å². The summed E-state index contributed by atoms with van der Waals surface area (Å²) in [6.07, 6.45) is 7.91. The van der Waals surface area contributed by atoms with Gasteiger partial charge in [0.05, 0.1) is 6.61 Å². The number of hydrogen-bond donors (Lipinski definition) is 1. The summed E-state index contributed by atoms with van der Waals surface area (Å²) < 4.78 is 0. The van der Waals surface area contributed by atoms with Crippen LogP contribution in [-0.2, 0) is 0 Å². The largest absolute Gasteiger partial charge is 0.395 e. The molecular formula is C14H24O. The van der Waals surface area contributed by atoms with Gasteiger partial charge in [0, 0.05) is 5.41 Å². The molecule has 1 atom stereocenters. The van der Waals surface area contributed by atoms with Crippen LogP contribution in [0.4, 0.5) is 0 Å². The maximum atomic E-state index is 9.19. The molecule has 1 aliphatic rings. The Morgan fingerprint density at radius 1 is 1.53 bits per heavy atom. The van der Waals surface area contributed by atoms with E-state index in [0.717, 1.165) is 6.42 Å². The maximum Gasteiger partial charge on any atom is 0.0516 e. The summed E-state index contributed by atoms with van der Waals surface area (Å²) in [5.41, 5.74) is 1.67. The summed E-state index contributed by atoms with van der Waals surface area (Å²) in [4.78, 5) is 0. The molecule has 0 bridgehead atoms. The molecule has 0 aromatic carbocycles. The van der Waals surface area contributed by atoms with E-state index in [1.807, 2.05) is 0 Å². The highest BCUT2D eigenvalue weighted by atomic mass is 16.3. The minimum Gasteiger partial charge on any atom is -0.395 e. The van der Waals surface area contributed by atoms with E-state index in [9.17, 15) is 5.11 Å². The Hall–Kier alpha value is -0.560. The van der Waals surface area contributed by atoms with Gasteiger partial charge in [0.15, 0.2) is 0 Å². The summed E-state index contributed by atoms with van der Waals surface area (Å²) >= 11 is 0. The first-order chi connectivity index (χ1) is 6.79. The Morgan fingerprint density at radius 2 is 2.13 bits per heavy atom. The standard InChI is InChI=1S/C14H24O/c1-11-6-7-12(14(11,4)5)8-9-13(2,3)10-15/h6,8-9,12,15H,7,10H2,1-5H3/b9-8+/t12-/m0/s1. The normalized spacial score (nSPS) is 26.0. The molecule has 0 unspecified atom stereocenters. The molecule has 0 aliphatic heterocycles. The Balaban J connectivity index is 2.71. The second kappa shape index (κ2) is 4.13. The zero-order valence-electron chi connectivity index (χ0n) is 10.7. The van der Waals surface area contributed by atoms with Crippen LogP contribution in [0, 0.1) is 16.7 Å². The molecule has 0 aromatic rings. The molecule has 0 saturated heterocycles. The second-order valence-electron chi connectivity index (χ2n) is 5.96. The molecule has 0 fully saturated rings. The number of rotatable bonds is 3. The summed E-state index contributed by atoms with van der Waals surface area (Å²) in [5.74, 6) is 0.586. The quantitative estimate of drug-likeness (QED) is 0.703. The fourth-order valence-corrected chi connectivity index (χ4v) is 1.90. The van der Waals surface area contributed by atoms with Crippen LogP contribution < -0.4 is 0 Å². The molecule has 0 aromatic heterocycles. The van der Waals surface area contributed by atoms with Crippen molar-refractivity contribution in [3.8, 4) is 0 Å². The van der Waals surface area contributed by atoms with E-state index < -0.39 is 0 Å². The lowest BCUT2D eigenvalue weighted by molar-refractivity contribution is 0.198. The number of aliphatic hydroxyl groups is 1. The number of aliphatic hydroxyl groups excluding tert-OH is 1. The molecule has 1 aliphatic carbocycles. The van der Waals surface area contributed by atoms with Crippen molar-refractivity contribution >= 4 is 0 Å². The van der Waals surface area contributed by atoms with Gasteiger partial charge in [-0.25, -0.2) is 0 Å². The predicted molar refractivity (Wildman–Crippen MR) is 65.7 cm³/mol. The molecule has 0 amide bonds. The van der Waals surface area contributed by atoms with Crippen LogP contribution in [0.25, 0.3) is 0 Å². The van der Waals surface area contributed by atoms with Gasteiger partial charge in [0.2, 0.25) is 0 Å². The van der Waals surface area contributed by atoms with Crippen LogP contribution in [-0.4, -0.2) is 11.7 Å². The molecule has 0 radical (unpaired) electrons. The van der Waals surface area contributed by atoms with Crippen LogP contribution in [0.5, 0.6) is 0 Å². The lowest BCUT2D eigenvalue weighted by atomic mass is 9.76. The van der Waals surface area contributed by atoms with Crippen LogP contribution in [0.2, 0.25) is 0 Å². The van der Waals surface area contributed by atoms with Crippen molar-refractivity contribution in [2.75, 3.05) is 6.61 Å². The third-order valence-corrected chi connectivity index (χ3v) is 3.81. The fourth-order valence-electron chi connectivity index (χ4n) is 1.90. The van der Waals surface area contributed by atoms with Gasteiger partial charge >= 0.3 is 0 Å². The van der Waals surface area contributed by atoms with E-state index in [1.54, 1.807) is 0 Å². The molecule has 86 valence electrons. The minimum atomic E-state index is -0.0907. The SMILES string of the molecule is CC1=CC[C@@H](/C=C/C(C)(C)CO)C1(C)C. The summed E-state index contributed by atoms with van der Waals surface area (Å²) in [6, 6.07) is 0. The highest BCUT2D eigenvalue weighted by Gasteiger charge is 2.33. The third kappa shape index (κ3) is 2.72. The Bertz CT molecular complexity index is 282. The van der Waals surface area contributed by atoms with E-state index in [0.29, 0.717) is 5.92 Å². The molecule has 0 spiro atoms. The lowest BCUT2D eigenvalue weighted by Crippen LogP contribution is -2.20. The zero-order chi connectivity index (χ0) is 11.7. The number of allylic oxidation sites excluding steroid dienone is 3. The van der Waals surface area contributed by atoms with Crippen molar-refractivity contribution in [1.29, 1.82) is 0 Å². The molecule has 1 nitrogen and oxygen atoms in total. The van der Waals surface area contributed by atoms with Crippen molar-refractivity contribution in [1.82, 2.24) is 0 Å². The molecule has 1 rings (SSSR count). The monoisotopic (exact) mass is 208 g/mol. The third-order valence-electron chi connectivity index (χ3n) is 3.81. The second-order valence-corrected chi connectivity index (χ2v) is 5.96. The molecule has 0 heterocycles. The summed E-state index contributed by atoms with van der Waals surface area (Å²) in [5, 5.41) is 9.19. The van der Waals surface area contributed by atoms with Gasteiger partial charge in [-0.1, -0.05) is 51.5 Å². The van der Waals surface area contributed by atoms with Gasteiger partial charge in [0.1, 0.15) is 0 Å². The van der Waals surface area contributed by atoms with Crippen molar-refractivity contribution in [3.05, 3.63) is 23.8 Å². The van der Waals surface area contributed by atoms with Crippen LogP contribution >= 0.6 is 0 Å². The Morgan fingerprint density at radius 3 is 2.53 bits per heavy atom. The highest BCUT2D eigenvalue weighted by Crippen LogP contribution is 2.44. The smallest absolute Gasteiger partial charge is 0.0516 e. The number of hydrogen-bond acceptors (Lipinski definition) is 1. The van der Waals surface area contributed by atoms with Crippen LogP contribution in [0.15, 0.2) is 23.8 Å². The predicted octanol–water partition coefficient (Wildman–Crippen LogP) is 3.55. The Labute approximate surface area is 93.9 Å². The molecule has 1 N–H and O–H groups in total. The molecule has 1 heteroatoms. The van der Waals surface area contributed by atoms with Crippen LogP contribution in [0.1, 0.15) is 41.0 Å². The first-order valence-electron chi connectivity index (χ1n) is 5.77. The topological polar surface area (TPSA) is 20.2 Å². The van der Waals surface area contributed by atoms with E-state index >= 15 is 0 Å². The molecule has 0 saturated carbocycles. The maximum absolute atomic E-state index is 9.19. The van der Waals surface area contributed by atoms with Crippen molar-refractivity contribution in [2.24, 2.45) is 16.7 Å². The first kappa shape index (κ1) is 12.5. The zero-order valence-corrected chi connectivity index (χ0v) is 10.7. The van der Waals surface area contributed by atoms with Gasteiger partial charge in [-0.05, 0) is 24.7 Å². The van der Waals surface area contributed by atoms with Crippen molar-refractivity contribution in [2.45, 2.75) is 41.0 Å². The van der Waals surface area contributed by atoms with Gasteiger partial charge in [-0.3, -0.25) is 0 Å². The van der Waals surface area contributed by atoms with Crippen molar-refractivity contribution < 1.29 is 5.11 Å². The minimum absolute atomic E-state index is 0.0907. The van der Waals surface area contributed by atoms with E-state index in [1.165, 1.54) is 5.57 Å². The van der Waals surface area contributed by atoms with Crippen LogP contribution in [0.3, 0.4) is 0 Å². The average Bonchev–Trinajstić information content (AvgIpc) is 2.40. The lowest BCUT2D eigenvalue weighted by Gasteiger charge is -2.28. The molecule has 15 heavy (non-hydrogen) atoms. The van der Waals surface area contributed by atoms with E-state index in [4.69, 9.17) is 0 Å². The fraction of sp³-hybridized carbons (Fsp3) is 0.714. The highest BCUT2D eigenvalue weighted by molar-refractivity contribution is 5.22. The van der Waals surface area contributed by atoms with E-state index in [-0.39, 0.29) is 17.4 Å².